The smallest absolute Gasteiger partial charge is 0.0655 e. The molecule has 1 aromatic heterocycles. The van der Waals surface area contributed by atoms with Gasteiger partial charge in [-0.3, -0.25) is 4.68 Å². The summed E-state index contributed by atoms with van der Waals surface area (Å²) >= 11 is 0. The topological polar surface area (TPSA) is 29.9 Å². The van der Waals surface area contributed by atoms with Crippen LogP contribution in [0.4, 0.5) is 0 Å². The van der Waals surface area contributed by atoms with Crippen LogP contribution in [0.3, 0.4) is 0 Å². The second-order valence-electron chi connectivity index (χ2n) is 3.45. The van der Waals surface area contributed by atoms with Crippen LogP contribution in [0.2, 0.25) is 0 Å². The molecule has 3 heteroatoms. The molecule has 82 valence electrons. The van der Waals surface area contributed by atoms with Crippen molar-refractivity contribution in [2.45, 2.75) is 33.7 Å². The lowest BCUT2D eigenvalue weighted by Crippen LogP contribution is -2.11. The summed E-state index contributed by atoms with van der Waals surface area (Å²) in [6, 6.07) is 0. The fraction of sp³-hybridized carbons (Fsp3) is 0.583. The van der Waals surface area contributed by atoms with Gasteiger partial charge in [-0.15, -0.1) is 0 Å². The van der Waals surface area contributed by atoms with Crippen LogP contribution in [-0.2, 0) is 6.54 Å². The zero-order valence-corrected chi connectivity index (χ0v) is 9.80. The summed E-state index contributed by atoms with van der Waals surface area (Å²) in [5.41, 5.74) is 2.21. The molecule has 1 N–H and O–H groups in total. The molecule has 0 bridgehead atoms. The Morgan fingerprint density at radius 1 is 1.47 bits per heavy atom. The highest BCUT2D eigenvalue weighted by Gasteiger charge is 2.01. The first-order chi connectivity index (χ1) is 7.29. The number of hydrogen-bond acceptors (Lipinski definition) is 2. The maximum atomic E-state index is 4.30. The standard InChI is InChI=1S/C12H19N3/c1-4-9-15-11(3)12(10-14-15)7-6-8-13-5-2/h10,13H,4-5,8-9H2,1-3H3. The molecule has 1 aromatic rings. The molecule has 0 aliphatic heterocycles. The summed E-state index contributed by atoms with van der Waals surface area (Å²) < 4.78 is 2.01. The average Bonchev–Trinajstić information content (AvgIpc) is 2.57. The van der Waals surface area contributed by atoms with Gasteiger partial charge in [0.2, 0.25) is 0 Å². The molecular weight excluding hydrogens is 186 g/mol. The Balaban J connectivity index is 2.64. The average molecular weight is 205 g/mol. The fourth-order valence-corrected chi connectivity index (χ4v) is 1.33. The lowest BCUT2D eigenvalue weighted by molar-refractivity contribution is 0.587. The minimum atomic E-state index is 0.745. The van der Waals surface area contributed by atoms with Gasteiger partial charge in [0.15, 0.2) is 0 Å². The van der Waals surface area contributed by atoms with Gasteiger partial charge in [0.25, 0.3) is 0 Å². The zero-order valence-electron chi connectivity index (χ0n) is 9.80. The predicted molar refractivity (Wildman–Crippen MR) is 62.7 cm³/mol. The third-order valence-electron chi connectivity index (χ3n) is 2.23. The second kappa shape index (κ2) is 6.26. The Kier molecular flexibility index (Phi) is 4.92. The van der Waals surface area contributed by atoms with Crippen molar-refractivity contribution < 1.29 is 0 Å². The van der Waals surface area contributed by atoms with Crippen molar-refractivity contribution in [3.8, 4) is 11.8 Å². The number of nitrogens with zero attached hydrogens (tertiary/aromatic N) is 2. The number of nitrogens with one attached hydrogen (secondary N) is 1. The number of rotatable bonds is 4. The van der Waals surface area contributed by atoms with Crippen LogP contribution in [0.1, 0.15) is 31.5 Å². The van der Waals surface area contributed by atoms with Crippen LogP contribution in [0, 0.1) is 18.8 Å². The van der Waals surface area contributed by atoms with E-state index in [4.69, 9.17) is 0 Å². The zero-order chi connectivity index (χ0) is 11.1. The van der Waals surface area contributed by atoms with E-state index in [1.165, 1.54) is 5.69 Å². The first kappa shape index (κ1) is 11.8. The van der Waals surface area contributed by atoms with Crippen LogP contribution < -0.4 is 5.32 Å². The molecule has 0 aliphatic carbocycles. The molecule has 0 spiro atoms. The number of hydrogen-bond donors (Lipinski definition) is 1. The second-order valence-corrected chi connectivity index (χ2v) is 3.45. The Labute approximate surface area is 91.9 Å². The van der Waals surface area contributed by atoms with Crippen molar-refractivity contribution in [2.75, 3.05) is 13.1 Å². The minimum Gasteiger partial charge on any atom is -0.306 e. The monoisotopic (exact) mass is 205 g/mol. The SMILES string of the molecule is CCCn1ncc(C#CCNCC)c1C. The largest absolute Gasteiger partial charge is 0.306 e. The van der Waals surface area contributed by atoms with Gasteiger partial charge in [-0.25, -0.2) is 0 Å². The van der Waals surface area contributed by atoms with Crippen LogP contribution in [-0.4, -0.2) is 22.9 Å². The molecule has 0 saturated carbocycles. The van der Waals surface area contributed by atoms with E-state index in [2.05, 4.69) is 43.0 Å². The summed E-state index contributed by atoms with van der Waals surface area (Å²) in [5, 5.41) is 7.47. The van der Waals surface area contributed by atoms with Crippen molar-refractivity contribution in [2.24, 2.45) is 0 Å². The normalized spacial score (nSPS) is 9.80. The Hall–Kier alpha value is -1.27. The molecule has 0 aromatic carbocycles. The maximum Gasteiger partial charge on any atom is 0.0655 e. The van der Waals surface area contributed by atoms with Gasteiger partial charge in [0.1, 0.15) is 0 Å². The van der Waals surface area contributed by atoms with Crippen LogP contribution in [0.25, 0.3) is 0 Å². The highest BCUT2D eigenvalue weighted by molar-refractivity contribution is 5.36. The van der Waals surface area contributed by atoms with Gasteiger partial charge in [-0.2, -0.15) is 5.10 Å². The van der Waals surface area contributed by atoms with Crippen molar-refractivity contribution in [3.63, 3.8) is 0 Å². The molecule has 1 heterocycles. The summed E-state index contributed by atoms with van der Waals surface area (Å²) in [6.07, 6.45) is 2.96. The number of aromatic nitrogens is 2. The maximum absolute atomic E-state index is 4.30. The lowest BCUT2D eigenvalue weighted by atomic mass is 10.2. The third-order valence-corrected chi connectivity index (χ3v) is 2.23. The molecule has 0 amide bonds. The first-order valence-electron chi connectivity index (χ1n) is 5.51. The van der Waals surface area contributed by atoms with Crippen molar-refractivity contribution in [3.05, 3.63) is 17.5 Å². The highest BCUT2D eigenvalue weighted by atomic mass is 15.3. The highest BCUT2D eigenvalue weighted by Crippen LogP contribution is 2.05. The van der Waals surface area contributed by atoms with Gasteiger partial charge in [0.05, 0.1) is 24.0 Å². The molecule has 3 nitrogen and oxygen atoms in total. The fourth-order valence-electron chi connectivity index (χ4n) is 1.33. The van der Waals surface area contributed by atoms with Crippen molar-refractivity contribution >= 4 is 0 Å². The quantitative estimate of drug-likeness (QED) is 0.597. The molecule has 15 heavy (non-hydrogen) atoms. The van der Waals surface area contributed by atoms with Gasteiger partial charge >= 0.3 is 0 Å². The third kappa shape index (κ3) is 3.41. The molecule has 0 saturated heterocycles. The lowest BCUT2D eigenvalue weighted by Gasteiger charge is -2.00. The Morgan fingerprint density at radius 3 is 2.93 bits per heavy atom. The van der Waals surface area contributed by atoms with E-state index in [0.717, 1.165) is 31.6 Å². The molecule has 0 aliphatic rings. The van der Waals surface area contributed by atoms with E-state index >= 15 is 0 Å². The van der Waals surface area contributed by atoms with Gasteiger partial charge in [-0.05, 0) is 19.9 Å². The van der Waals surface area contributed by atoms with Gasteiger partial charge in [-0.1, -0.05) is 25.7 Å². The molecular formula is C12H19N3. The molecule has 1 rings (SSSR count). The van der Waals surface area contributed by atoms with E-state index in [1.807, 2.05) is 10.9 Å². The van der Waals surface area contributed by atoms with E-state index in [9.17, 15) is 0 Å². The molecule has 0 radical (unpaired) electrons. The Bertz CT molecular complexity index is 355. The van der Waals surface area contributed by atoms with Crippen molar-refractivity contribution in [1.82, 2.24) is 15.1 Å². The van der Waals surface area contributed by atoms with Gasteiger partial charge < -0.3 is 5.32 Å². The first-order valence-corrected chi connectivity index (χ1v) is 5.51. The van der Waals surface area contributed by atoms with E-state index in [1.54, 1.807) is 0 Å². The van der Waals surface area contributed by atoms with Crippen LogP contribution >= 0.6 is 0 Å². The molecule has 0 unspecified atom stereocenters. The predicted octanol–water partition coefficient (Wildman–Crippen LogP) is 1.56. The van der Waals surface area contributed by atoms with Gasteiger partial charge in [0, 0.05) is 6.54 Å². The van der Waals surface area contributed by atoms with E-state index < -0.39 is 0 Å². The van der Waals surface area contributed by atoms with Crippen LogP contribution in [0.15, 0.2) is 6.20 Å². The van der Waals surface area contributed by atoms with Crippen LogP contribution in [0.5, 0.6) is 0 Å². The number of aryl methyl sites for hydroxylation is 1. The summed E-state index contributed by atoms with van der Waals surface area (Å²) in [5.74, 6) is 6.22. The van der Waals surface area contributed by atoms with E-state index in [0.29, 0.717) is 0 Å². The summed E-state index contributed by atoms with van der Waals surface area (Å²) in [7, 11) is 0. The molecule has 0 fully saturated rings. The Morgan fingerprint density at radius 2 is 2.27 bits per heavy atom. The van der Waals surface area contributed by atoms with Crippen molar-refractivity contribution in [1.29, 1.82) is 0 Å². The molecule has 0 atom stereocenters. The summed E-state index contributed by atoms with van der Waals surface area (Å²) in [4.78, 5) is 0. The van der Waals surface area contributed by atoms with E-state index in [-0.39, 0.29) is 0 Å². The summed E-state index contributed by atoms with van der Waals surface area (Å²) in [6.45, 7) is 8.97. The minimum absolute atomic E-state index is 0.745.